The lowest BCUT2D eigenvalue weighted by atomic mass is 10.1. The number of carbonyl (C=O) groups excluding carboxylic acids is 1. The van der Waals surface area contributed by atoms with Gasteiger partial charge in [-0.2, -0.15) is 0 Å². The Balaban J connectivity index is 1.71. The Hall–Kier alpha value is -2.29. The van der Waals surface area contributed by atoms with Crippen molar-refractivity contribution >= 4 is 56.4 Å². The number of amides is 1. The summed E-state index contributed by atoms with van der Waals surface area (Å²) in [5.74, 6) is 0.331. The van der Waals surface area contributed by atoms with Crippen molar-refractivity contribution < 1.29 is 17.9 Å². The fourth-order valence-electron chi connectivity index (χ4n) is 2.76. The summed E-state index contributed by atoms with van der Waals surface area (Å²) >= 11 is 18.5. The number of nitrogens with two attached hydrogens (primary N) is 1. The molecule has 0 saturated carbocycles. The van der Waals surface area contributed by atoms with Gasteiger partial charge in [0.15, 0.2) is 5.75 Å². The Bertz CT molecular complexity index is 1240. The normalized spacial score (nSPS) is 11.3. The van der Waals surface area contributed by atoms with Crippen molar-refractivity contribution in [3.63, 3.8) is 0 Å². The summed E-state index contributed by atoms with van der Waals surface area (Å²) in [5.41, 5.74) is 1.70. The van der Waals surface area contributed by atoms with Crippen molar-refractivity contribution in [1.82, 2.24) is 0 Å². The maximum atomic E-state index is 12.4. The summed E-state index contributed by atoms with van der Waals surface area (Å²) in [4.78, 5) is 12.4. The minimum atomic E-state index is -3.81. The number of anilines is 1. The molecule has 1 amide bonds. The molecule has 3 aromatic carbocycles. The van der Waals surface area contributed by atoms with Gasteiger partial charge in [0.05, 0.1) is 26.4 Å². The van der Waals surface area contributed by atoms with Crippen molar-refractivity contribution in [2.24, 2.45) is 5.14 Å². The van der Waals surface area contributed by atoms with Gasteiger partial charge in [0.25, 0.3) is 0 Å². The van der Waals surface area contributed by atoms with E-state index in [1.807, 2.05) is 0 Å². The Morgan fingerprint density at radius 3 is 2.26 bits per heavy atom. The van der Waals surface area contributed by atoms with Crippen LogP contribution < -0.4 is 15.2 Å². The van der Waals surface area contributed by atoms with Crippen LogP contribution in [0.4, 0.5) is 5.69 Å². The predicted molar refractivity (Wildman–Crippen MR) is 123 cm³/mol. The second-order valence-corrected chi connectivity index (χ2v) is 9.45. The number of rotatable bonds is 6. The monoisotopic (exact) mass is 498 g/mol. The van der Waals surface area contributed by atoms with Crippen molar-refractivity contribution in [3.8, 4) is 11.5 Å². The van der Waals surface area contributed by atoms with Crippen molar-refractivity contribution in [3.05, 3.63) is 80.8 Å². The molecule has 6 nitrogen and oxygen atoms in total. The summed E-state index contributed by atoms with van der Waals surface area (Å²) in [6, 6.07) is 14.1. The van der Waals surface area contributed by atoms with Crippen molar-refractivity contribution in [2.75, 3.05) is 5.32 Å². The van der Waals surface area contributed by atoms with E-state index in [4.69, 9.17) is 44.7 Å². The molecule has 31 heavy (non-hydrogen) atoms. The van der Waals surface area contributed by atoms with Gasteiger partial charge in [-0.1, -0.05) is 46.9 Å². The molecule has 0 unspecified atom stereocenters. The van der Waals surface area contributed by atoms with E-state index in [0.717, 1.165) is 0 Å². The second-order valence-electron chi connectivity index (χ2n) is 6.66. The Morgan fingerprint density at radius 2 is 1.68 bits per heavy atom. The molecule has 10 heteroatoms. The predicted octanol–water partition coefficient (Wildman–Crippen LogP) is 5.58. The molecule has 3 aromatic rings. The number of halogens is 3. The molecule has 0 bridgehead atoms. The minimum absolute atomic E-state index is 0.0241. The summed E-state index contributed by atoms with van der Waals surface area (Å²) in [7, 11) is -3.81. The highest BCUT2D eigenvalue weighted by atomic mass is 35.5. The van der Waals surface area contributed by atoms with Gasteiger partial charge < -0.3 is 10.1 Å². The van der Waals surface area contributed by atoms with Gasteiger partial charge in [-0.05, 0) is 60.5 Å². The van der Waals surface area contributed by atoms with Crippen LogP contribution in [0.15, 0.2) is 59.5 Å². The molecular weight excluding hydrogens is 483 g/mol. The van der Waals surface area contributed by atoms with Gasteiger partial charge in [-0.3, -0.25) is 4.79 Å². The second kappa shape index (κ2) is 9.46. The van der Waals surface area contributed by atoms with Gasteiger partial charge in [0.2, 0.25) is 15.9 Å². The van der Waals surface area contributed by atoms with E-state index in [1.54, 1.807) is 43.3 Å². The van der Waals surface area contributed by atoms with E-state index in [-0.39, 0.29) is 28.0 Å². The third-order valence-corrected chi connectivity index (χ3v) is 6.09. The Kier molecular flexibility index (Phi) is 7.13. The fourth-order valence-corrected chi connectivity index (χ4v) is 4.08. The molecule has 0 aliphatic carbocycles. The maximum absolute atomic E-state index is 12.4. The van der Waals surface area contributed by atoms with Gasteiger partial charge in [-0.15, -0.1) is 0 Å². The standard InChI is InChI=1S/C21H17Cl3N2O4S/c1-12-9-14(31(25,28)29)6-7-18(12)26-20(27)11-13-5-8-19(17(24)10-13)30-21-15(22)3-2-4-16(21)23/h2-10H,11H2,1H3,(H,26,27)(H2,25,28,29). The third-order valence-electron chi connectivity index (χ3n) is 4.29. The molecule has 0 atom stereocenters. The highest BCUT2D eigenvalue weighted by molar-refractivity contribution is 7.89. The van der Waals surface area contributed by atoms with Crippen LogP contribution in [0.1, 0.15) is 11.1 Å². The van der Waals surface area contributed by atoms with Gasteiger partial charge >= 0.3 is 0 Å². The largest absolute Gasteiger partial charge is 0.453 e. The summed E-state index contributed by atoms with van der Waals surface area (Å²) in [5, 5.41) is 8.83. The number of para-hydroxylation sites is 1. The Labute approximate surface area is 194 Å². The van der Waals surface area contributed by atoms with E-state index in [2.05, 4.69) is 5.32 Å². The number of aryl methyl sites for hydroxylation is 1. The smallest absolute Gasteiger partial charge is 0.238 e. The highest BCUT2D eigenvalue weighted by Gasteiger charge is 2.14. The summed E-state index contributed by atoms with van der Waals surface area (Å²) in [6.45, 7) is 1.67. The quantitative estimate of drug-likeness (QED) is 0.463. The van der Waals surface area contributed by atoms with E-state index >= 15 is 0 Å². The number of sulfonamides is 1. The number of ether oxygens (including phenoxy) is 1. The number of primary sulfonamides is 1. The molecule has 162 valence electrons. The molecule has 0 spiro atoms. The zero-order valence-electron chi connectivity index (χ0n) is 16.2. The molecule has 0 aromatic heterocycles. The van der Waals surface area contributed by atoms with Crippen molar-refractivity contribution in [2.45, 2.75) is 18.2 Å². The first-order valence-electron chi connectivity index (χ1n) is 8.88. The Morgan fingerprint density at radius 1 is 1.00 bits per heavy atom. The SMILES string of the molecule is Cc1cc(S(N)(=O)=O)ccc1NC(=O)Cc1ccc(Oc2c(Cl)cccc2Cl)c(Cl)c1. The molecular formula is C21H17Cl3N2O4S. The summed E-state index contributed by atoms with van der Waals surface area (Å²) < 4.78 is 28.6. The van der Waals surface area contributed by atoms with Gasteiger partial charge in [0.1, 0.15) is 5.75 Å². The molecule has 0 saturated heterocycles. The van der Waals surface area contributed by atoms with Crippen molar-refractivity contribution in [1.29, 1.82) is 0 Å². The first-order chi connectivity index (χ1) is 14.5. The molecule has 0 fully saturated rings. The molecule has 3 rings (SSSR count). The van der Waals surface area contributed by atoms with Crippen LogP contribution in [0.3, 0.4) is 0 Å². The van der Waals surface area contributed by atoms with Crippen LogP contribution >= 0.6 is 34.8 Å². The number of hydrogen-bond acceptors (Lipinski definition) is 4. The number of hydrogen-bond donors (Lipinski definition) is 2. The van der Waals surface area contributed by atoms with E-state index < -0.39 is 10.0 Å². The number of benzene rings is 3. The van der Waals surface area contributed by atoms with E-state index in [0.29, 0.717) is 32.6 Å². The lowest BCUT2D eigenvalue weighted by Gasteiger charge is -2.12. The first-order valence-corrected chi connectivity index (χ1v) is 11.6. The van der Waals surface area contributed by atoms with Crippen LogP contribution in [0, 0.1) is 6.92 Å². The molecule has 0 radical (unpaired) electrons. The average molecular weight is 500 g/mol. The van der Waals surface area contributed by atoms with E-state index in [9.17, 15) is 13.2 Å². The third kappa shape index (κ3) is 5.90. The lowest BCUT2D eigenvalue weighted by Crippen LogP contribution is -2.16. The number of nitrogens with one attached hydrogen (secondary N) is 1. The van der Waals surface area contributed by atoms with Crippen LogP contribution in [-0.4, -0.2) is 14.3 Å². The zero-order valence-corrected chi connectivity index (χ0v) is 19.2. The maximum Gasteiger partial charge on any atom is 0.238 e. The van der Waals surface area contributed by atoms with Crippen LogP contribution in [0.2, 0.25) is 15.1 Å². The lowest BCUT2D eigenvalue weighted by molar-refractivity contribution is -0.115. The van der Waals surface area contributed by atoms with Crippen LogP contribution in [0.5, 0.6) is 11.5 Å². The molecule has 0 aliphatic rings. The van der Waals surface area contributed by atoms with E-state index in [1.165, 1.54) is 18.2 Å². The highest BCUT2D eigenvalue weighted by Crippen LogP contribution is 2.38. The minimum Gasteiger partial charge on any atom is -0.453 e. The number of carbonyl (C=O) groups is 1. The molecule has 0 aliphatic heterocycles. The van der Waals surface area contributed by atoms with Gasteiger partial charge in [0, 0.05) is 5.69 Å². The summed E-state index contributed by atoms with van der Waals surface area (Å²) in [6.07, 6.45) is 0.0449. The topological polar surface area (TPSA) is 98.5 Å². The average Bonchev–Trinajstić information content (AvgIpc) is 2.67. The molecule has 3 N–H and O–H groups in total. The first kappa shape index (κ1) is 23.4. The van der Waals surface area contributed by atoms with Gasteiger partial charge in [-0.25, -0.2) is 13.6 Å². The fraction of sp³-hybridized carbons (Fsp3) is 0.0952. The van der Waals surface area contributed by atoms with Crippen LogP contribution in [0.25, 0.3) is 0 Å². The zero-order chi connectivity index (χ0) is 22.8. The van der Waals surface area contributed by atoms with Crippen LogP contribution in [-0.2, 0) is 21.2 Å². The molecule has 0 heterocycles.